The zero-order valence-corrected chi connectivity index (χ0v) is 10.3. The lowest BCUT2D eigenvalue weighted by molar-refractivity contribution is -0.384. The third kappa shape index (κ3) is 3.51. The smallest absolute Gasteiger partial charge is 0.258 e. The van der Waals surface area contributed by atoms with Gasteiger partial charge in [0, 0.05) is 18.7 Å². The van der Waals surface area contributed by atoms with E-state index in [-0.39, 0.29) is 12.2 Å². The van der Waals surface area contributed by atoms with Crippen LogP contribution in [0, 0.1) is 21.4 Å². The van der Waals surface area contributed by atoms with Crippen molar-refractivity contribution in [3.05, 3.63) is 39.9 Å². The fraction of sp³-hybridized carbons (Fsp3) is 0.300. The number of nitrogens with zero attached hydrogens (tertiary/aromatic N) is 2. The highest BCUT2D eigenvalue weighted by atomic mass is 32.2. The van der Waals surface area contributed by atoms with Crippen LogP contribution in [0.25, 0.3) is 0 Å². The molecular formula is C10H11N3O4S. The fourth-order valence-corrected chi connectivity index (χ4v) is 1.91. The average molecular weight is 269 g/mol. The minimum absolute atomic E-state index is 0.0873. The molecule has 7 nitrogen and oxygen atoms in total. The minimum Gasteiger partial charge on any atom is -0.258 e. The van der Waals surface area contributed by atoms with E-state index in [0.717, 1.165) is 0 Å². The van der Waals surface area contributed by atoms with Crippen molar-refractivity contribution in [1.29, 1.82) is 5.26 Å². The van der Waals surface area contributed by atoms with Gasteiger partial charge in [0.15, 0.2) is 5.25 Å². The van der Waals surface area contributed by atoms with E-state index in [2.05, 4.69) is 4.72 Å². The van der Waals surface area contributed by atoms with Crippen LogP contribution >= 0.6 is 0 Å². The molecule has 0 aliphatic rings. The largest absolute Gasteiger partial charge is 0.269 e. The maximum Gasteiger partial charge on any atom is 0.269 e. The van der Waals surface area contributed by atoms with Gasteiger partial charge in [-0.25, -0.2) is 13.1 Å². The molecule has 0 amide bonds. The van der Waals surface area contributed by atoms with E-state index in [4.69, 9.17) is 5.26 Å². The number of nitro groups is 1. The van der Waals surface area contributed by atoms with E-state index in [1.165, 1.54) is 25.1 Å². The van der Waals surface area contributed by atoms with Crippen molar-refractivity contribution < 1.29 is 13.3 Å². The quantitative estimate of drug-likeness (QED) is 0.630. The normalized spacial score (nSPS) is 12.7. The van der Waals surface area contributed by atoms with Crippen LogP contribution in [0.4, 0.5) is 5.69 Å². The molecule has 0 heterocycles. The average Bonchev–Trinajstić information content (AvgIpc) is 2.35. The van der Waals surface area contributed by atoms with Crippen molar-refractivity contribution in [2.75, 3.05) is 0 Å². The number of sulfonamides is 1. The second kappa shape index (κ2) is 5.57. The summed E-state index contributed by atoms with van der Waals surface area (Å²) in [6, 6.07) is 7.23. The number of nitriles is 1. The Labute approximate surface area is 104 Å². The second-order valence-electron chi connectivity index (χ2n) is 3.56. The van der Waals surface area contributed by atoms with Gasteiger partial charge in [-0.15, -0.1) is 0 Å². The number of rotatable bonds is 5. The summed E-state index contributed by atoms with van der Waals surface area (Å²) in [6.07, 6.45) is 0. The Kier molecular flexibility index (Phi) is 4.36. The number of nitrogens with one attached hydrogen (secondary N) is 1. The molecule has 0 aliphatic carbocycles. The first-order valence-corrected chi connectivity index (χ1v) is 6.53. The summed E-state index contributed by atoms with van der Waals surface area (Å²) in [5.41, 5.74) is 0.345. The van der Waals surface area contributed by atoms with Crippen LogP contribution in [-0.4, -0.2) is 18.6 Å². The number of hydrogen-bond donors (Lipinski definition) is 1. The SMILES string of the molecule is CC(C#N)S(=O)(=O)NCc1cccc([N+](=O)[O-])c1. The third-order valence-corrected chi connectivity index (χ3v) is 3.83. The Balaban J connectivity index is 2.79. The molecule has 0 radical (unpaired) electrons. The van der Waals surface area contributed by atoms with Crippen molar-refractivity contribution >= 4 is 15.7 Å². The van der Waals surface area contributed by atoms with Crippen molar-refractivity contribution in [2.24, 2.45) is 0 Å². The monoisotopic (exact) mass is 269 g/mol. The van der Waals surface area contributed by atoms with E-state index < -0.39 is 20.2 Å². The summed E-state index contributed by atoms with van der Waals surface area (Å²) >= 11 is 0. The Morgan fingerprint density at radius 3 is 2.78 bits per heavy atom. The molecule has 1 N–H and O–H groups in total. The van der Waals surface area contributed by atoms with Gasteiger partial charge >= 0.3 is 0 Å². The predicted octanol–water partition coefficient (Wildman–Crippen LogP) is 0.926. The molecule has 96 valence electrons. The molecule has 8 heteroatoms. The fourth-order valence-electron chi connectivity index (χ4n) is 1.16. The lowest BCUT2D eigenvalue weighted by Gasteiger charge is -2.07. The molecule has 0 aliphatic heterocycles. The highest BCUT2D eigenvalue weighted by molar-refractivity contribution is 7.90. The first kappa shape index (κ1) is 14.1. The van der Waals surface area contributed by atoms with Crippen molar-refractivity contribution in [3.63, 3.8) is 0 Å². The van der Waals surface area contributed by atoms with E-state index in [9.17, 15) is 18.5 Å². The van der Waals surface area contributed by atoms with Crippen LogP contribution in [-0.2, 0) is 16.6 Å². The molecule has 1 unspecified atom stereocenters. The topological polar surface area (TPSA) is 113 Å². The molecule has 0 fully saturated rings. The van der Waals surface area contributed by atoms with Crippen molar-refractivity contribution in [2.45, 2.75) is 18.7 Å². The molecule has 1 atom stereocenters. The summed E-state index contributed by atoms with van der Waals surface area (Å²) in [5, 5.41) is 17.9. The van der Waals surface area contributed by atoms with Crippen molar-refractivity contribution in [3.8, 4) is 6.07 Å². The molecular weight excluding hydrogens is 258 g/mol. The number of non-ortho nitro benzene ring substituents is 1. The summed E-state index contributed by atoms with van der Waals surface area (Å²) in [4.78, 5) is 9.97. The van der Waals surface area contributed by atoms with E-state index in [0.29, 0.717) is 5.56 Å². The molecule has 1 rings (SSSR count). The zero-order valence-electron chi connectivity index (χ0n) is 9.53. The van der Waals surface area contributed by atoms with Crippen LogP contribution in [0.2, 0.25) is 0 Å². The summed E-state index contributed by atoms with van der Waals surface area (Å²) in [6.45, 7) is 1.17. The maximum atomic E-state index is 11.5. The molecule has 1 aromatic carbocycles. The van der Waals surface area contributed by atoms with Gasteiger partial charge in [-0.05, 0) is 12.5 Å². The van der Waals surface area contributed by atoms with Crippen LogP contribution in [0.1, 0.15) is 12.5 Å². The Hall–Kier alpha value is -1.98. The lowest BCUT2D eigenvalue weighted by Crippen LogP contribution is -2.31. The maximum absolute atomic E-state index is 11.5. The summed E-state index contributed by atoms with van der Waals surface area (Å²) in [7, 11) is -3.72. The minimum atomic E-state index is -3.72. The van der Waals surface area contributed by atoms with E-state index >= 15 is 0 Å². The summed E-state index contributed by atoms with van der Waals surface area (Å²) < 4.78 is 25.2. The van der Waals surface area contributed by atoms with Gasteiger partial charge in [0.2, 0.25) is 10.0 Å². The van der Waals surface area contributed by atoms with Crippen LogP contribution in [0.3, 0.4) is 0 Å². The molecule has 0 aromatic heterocycles. The van der Waals surface area contributed by atoms with Crippen LogP contribution < -0.4 is 4.72 Å². The van der Waals surface area contributed by atoms with Crippen LogP contribution in [0.15, 0.2) is 24.3 Å². The van der Waals surface area contributed by atoms with E-state index in [1.54, 1.807) is 12.1 Å². The first-order chi connectivity index (χ1) is 8.36. The highest BCUT2D eigenvalue weighted by Gasteiger charge is 2.19. The molecule has 0 bridgehead atoms. The number of benzene rings is 1. The van der Waals surface area contributed by atoms with Gasteiger partial charge in [-0.2, -0.15) is 5.26 Å². The van der Waals surface area contributed by atoms with Gasteiger partial charge in [-0.1, -0.05) is 12.1 Å². The van der Waals surface area contributed by atoms with Crippen LogP contribution in [0.5, 0.6) is 0 Å². The Morgan fingerprint density at radius 1 is 1.56 bits per heavy atom. The highest BCUT2D eigenvalue weighted by Crippen LogP contribution is 2.13. The standard InChI is InChI=1S/C10H11N3O4S/c1-8(6-11)18(16,17)12-7-9-3-2-4-10(5-9)13(14)15/h2-5,8,12H,7H2,1H3. The Morgan fingerprint density at radius 2 is 2.22 bits per heavy atom. The van der Waals surface area contributed by atoms with Gasteiger partial charge in [0.25, 0.3) is 5.69 Å². The third-order valence-electron chi connectivity index (χ3n) is 2.25. The predicted molar refractivity (Wildman–Crippen MR) is 63.9 cm³/mol. The molecule has 18 heavy (non-hydrogen) atoms. The van der Waals surface area contributed by atoms with Gasteiger partial charge < -0.3 is 0 Å². The number of nitro benzene ring substituents is 1. The molecule has 0 saturated heterocycles. The Bertz CT molecular complexity index is 591. The zero-order chi connectivity index (χ0) is 13.8. The van der Waals surface area contributed by atoms with Crippen molar-refractivity contribution in [1.82, 2.24) is 4.72 Å². The van der Waals surface area contributed by atoms with E-state index in [1.807, 2.05) is 0 Å². The summed E-state index contributed by atoms with van der Waals surface area (Å²) in [5.74, 6) is 0. The number of hydrogen-bond acceptors (Lipinski definition) is 5. The van der Waals surface area contributed by atoms with Gasteiger partial charge in [-0.3, -0.25) is 10.1 Å². The molecule has 1 aromatic rings. The first-order valence-electron chi connectivity index (χ1n) is 4.98. The molecule has 0 spiro atoms. The van der Waals surface area contributed by atoms with Gasteiger partial charge in [0.05, 0.1) is 11.0 Å². The van der Waals surface area contributed by atoms with Gasteiger partial charge in [0.1, 0.15) is 0 Å². The second-order valence-corrected chi connectivity index (χ2v) is 5.65. The molecule has 0 saturated carbocycles. The lowest BCUT2D eigenvalue weighted by atomic mass is 10.2.